The fraction of sp³-hybridized carbons (Fsp3) is 0.722. The van der Waals surface area contributed by atoms with E-state index in [1.807, 2.05) is 9.80 Å². The van der Waals surface area contributed by atoms with E-state index in [1.165, 1.54) is 30.6 Å². The average molecular weight is 365 g/mol. The quantitative estimate of drug-likeness (QED) is 0.803. The highest BCUT2D eigenvalue weighted by Crippen LogP contribution is 2.19. The van der Waals surface area contributed by atoms with Crippen molar-refractivity contribution in [2.24, 2.45) is 0 Å². The Morgan fingerprint density at radius 1 is 1.24 bits per heavy atom. The zero-order valence-electron chi connectivity index (χ0n) is 15.0. The minimum Gasteiger partial charge on any atom is -0.337 e. The molecular formula is C18H28N4O2S. The number of likely N-dealkylation sites (tertiary alicyclic amines) is 2. The summed E-state index contributed by atoms with van der Waals surface area (Å²) in [4.78, 5) is 35.2. The van der Waals surface area contributed by atoms with E-state index in [0.717, 1.165) is 45.6 Å². The summed E-state index contributed by atoms with van der Waals surface area (Å²) in [6, 6.07) is 0.124. The molecule has 0 aromatic carbocycles. The zero-order valence-corrected chi connectivity index (χ0v) is 15.8. The first kappa shape index (κ1) is 18.3. The van der Waals surface area contributed by atoms with Crippen LogP contribution < -0.4 is 0 Å². The van der Waals surface area contributed by atoms with Gasteiger partial charge in [-0.15, -0.1) is 11.3 Å². The Bertz CT molecular complexity index is 572. The van der Waals surface area contributed by atoms with E-state index in [2.05, 4.69) is 9.88 Å². The second kappa shape index (κ2) is 8.76. The van der Waals surface area contributed by atoms with E-state index >= 15 is 0 Å². The maximum Gasteiger partial charge on any atom is 0.273 e. The van der Waals surface area contributed by atoms with E-state index in [-0.39, 0.29) is 17.9 Å². The summed E-state index contributed by atoms with van der Waals surface area (Å²) in [7, 11) is 0. The van der Waals surface area contributed by atoms with Crippen LogP contribution in [0.15, 0.2) is 10.9 Å². The molecule has 25 heavy (non-hydrogen) atoms. The van der Waals surface area contributed by atoms with Crippen LogP contribution in [0, 0.1) is 0 Å². The van der Waals surface area contributed by atoms with Crippen LogP contribution in [-0.2, 0) is 4.79 Å². The summed E-state index contributed by atoms with van der Waals surface area (Å²) in [6.45, 7) is 7.02. The topological polar surface area (TPSA) is 56.8 Å². The molecule has 1 atom stereocenters. The number of thiazole rings is 1. The second-order valence-electron chi connectivity index (χ2n) is 7.04. The predicted molar refractivity (Wildman–Crippen MR) is 98.7 cm³/mol. The zero-order chi connectivity index (χ0) is 17.6. The maximum absolute atomic E-state index is 12.6. The molecule has 1 aromatic rings. The van der Waals surface area contributed by atoms with Crippen LogP contribution in [0.3, 0.4) is 0 Å². The Hall–Kier alpha value is -1.47. The molecular weight excluding hydrogens is 336 g/mol. The largest absolute Gasteiger partial charge is 0.337 e. The molecule has 2 amide bonds. The highest BCUT2D eigenvalue weighted by Gasteiger charge is 2.30. The van der Waals surface area contributed by atoms with Crippen molar-refractivity contribution in [3.63, 3.8) is 0 Å². The van der Waals surface area contributed by atoms with Gasteiger partial charge in [-0.3, -0.25) is 9.59 Å². The first-order chi connectivity index (χ1) is 12.1. The van der Waals surface area contributed by atoms with Gasteiger partial charge in [-0.1, -0.05) is 6.42 Å². The number of piperidine rings is 2. The summed E-state index contributed by atoms with van der Waals surface area (Å²) >= 11 is 1.44. The lowest BCUT2D eigenvalue weighted by Gasteiger charge is -2.40. The SMILES string of the molecule is CC(=O)N(CCN1CCCCC1)C1CCCN(C(=O)c2cscn2)C1. The van der Waals surface area contributed by atoms with E-state index in [1.54, 1.807) is 17.8 Å². The number of amides is 2. The van der Waals surface area contributed by atoms with Gasteiger partial charge in [0, 0.05) is 44.5 Å². The Morgan fingerprint density at radius 2 is 2.04 bits per heavy atom. The van der Waals surface area contributed by atoms with Crippen molar-refractivity contribution >= 4 is 23.2 Å². The third kappa shape index (κ3) is 4.79. The third-order valence-electron chi connectivity index (χ3n) is 5.29. The van der Waals surface area contributed by atoms with Gasteiger partial charge in [0.15, 0.2) is 0 Å². The van der Waals surface area contributed by atoms with Crippen molar-refractivity contribution in [2.45, 2.75) is 45.1 Å². The fourth-order valence-corrected chi connectivity index (χ4v) is 4.43. The van der Waals surface area contributed by atoms with Crippen molar-refractivity contribution in [2.75, 3.05) is 39.3 Å². The molecule has 6 nitrogen and oxygen atoms in total. The highest BCUT2D eigenvalue weighted by molar-refractivity contribution is 7.07. The molecule has 0 bridgehead atoms. The van der Waals surface area contributed by atoms with Crippen molar-refractivity contribution in [1.29, 1.82) is 0 Å². The van der Waals surface area contributed by atoms with Gasteiger partial charge in [0.25, 0.3) is 5.91 Å². The van der Waals surface area contributed by atoms with Crippen molar-refractivity contribution < 1.29 is 9.59 Å². The summed E-state index contributed by atoms with van der Waals surface area (Å²) < 4.78 is 0. The minimum atomic E-state index is -0.00881. The van der Waals surface area contributed by atoms with Crippen molar-refractivity contribution in [3.8, 4) is 0 Å². The first-order valence-corrected chi connectivity index (χ1v) is 10.3. The van der Waals surface area contributed by atoms with Crippen molar-refractivity contribution in [1.82, 2.24) is 19.7 Å². The number of rotatable bonds is 5. The standard InChI is InChI=1S/C18H28N4O2S/c1-15(23)22(11-10-20-7-3-2-4-8-20)16-6-5-9-21(12-16)18(24)17-13-25-14-19-17/h13-14,16H,2-12H2,1H3. The van der Waals surface area contributed by atoms with Gasteiger partial charge in [0.05, 0.1) is 5.51 Å². The molecule has 0 N–H and O–H groups in total. The van der Waals surface area contributed by atoms with Crippen LogP contribution in [0.4, 0.5) is 0 Å². The normalized spacial score (nSPS) is 22.0. The van der Waals surface area contributed by atoms with Gasteiger partial charge in [-0.25, -0.2) is 4.98 Å². The van der Waals surface area contributed by atoms with Gasteiger partial charge in [-0.2, -0.15) is 0 Å². The summed E-state index contributed by atoms with van der Waals surface area (Å²) in [5.74, 6) is 0.107. The van der Waals surface area contributed by atoms with Crippen molar-refractivity contribution in [3.05, 3.63) is 16.6 Å². The Balaban J connectivity index is 1.58. The molecule has 7 heteroatoms. The molecule has 2 fully saturated rings. The highest BCUT2D eigenvalue weighted by atomic mass is 32.1. The summed E-state index contributed by atoms with van der Waals surface area (Å²) in [5, 5.41) is 1.80. The van der Waals surface area contributed by atoms with Gasteiger partial charge in [0.1, 0.15) is 5.69 Å². The first-order valence-electron chi connectivity index (χ1n) is 9.32. The lowest BCUT2D eigenvalue weighted by Crippen LogP contribution is -2.53. The lowest BCUT2D eigenvalue weighted by molar-refractivity contribution is -0.132. The summed E-state index contributed by atoms with van der Waals surface area (Å²) in [5.41, 5.74) is 2.21. The molecule has 3 heterocycles. The van der Waals surface area contributed by atoms with Gasteiger partial charge in [0.2, 0.25) is 5.91 Å². The Morgan fingerprint density at radius 3 is 2.72 bits per heavy atom. The smallest absolute Gasteiger partial charge is 0.273 e. The molecule has 0 aliphatic carbocycles. The summed E-state index contributed by atoms with van der Waals surface area (Å²) in [6.07, 6.45) is 5.76. The molecule has 3 rings (SSSR count). The molecule has 2 saturated heterocycles. The fourth-order valence-electron chi connectivity index (χ4n) is 3.90. The number of aromatic nitrogens is 1. The average Bonchev–Trinajstić information content (AvgIpc) is 3.17. The second-order valence-corrected chi connectivity index (χ2v) is 7.75. The maximum atomic E-state index is 12.6. The Kier molecular flexibility index (Phi) is 6.42. The molecule has 0 saturated carbocycles. The Labute approximate surface area is 153 Å². The van der Waals surface area contributed by atoms with Crippen LogP contribution in [0.5, 0.6) is 0 Å². The van der Waals surface area contributed by atoms with E-state index in [0.29, 0.717) is 12.2 Å². The molecule has 1 aromatic heterocycles. The van der Waals surface area contributed by atoms with E-state index in [4.69, 9.17) is 0 Å². The molecule has 138 valence electrons. The lowest BCUT2D eigenvalue weighted by atomic mass is 10.0. The van der Waals surface area contributed by atoms with Gasteiger partial charge < -0.3 is 14.7 Å². The molecule has 0 spiro atoms. The monoisotopic (exact) mass is 364 g/mol. The van der Waals surface area contributed by atoms with Crippen LogP contribution >= 0.6 is 11.3 Å². The molecule has 2 aliphatic rings. The van der Waals surface area contributed by atoms with E-state index in [9.17, 15) is 9.59 Å². The van der Waals surface area contributed by atoms with E-state index < -0.39 is 0 Å². The van der Waals surface area contributed by atoms with Gasteiger partial charge in [-0.05, 0) is 38.8 Å². The molecule has 1 unspecified atom stereocenters. The minimum absolute atomic E-state index is 0.00881. The molecule has 0 radical (unpaired) electrons. The van der Waals surface area contributed by atoms with Crippen LogP contribution in [0.25, 0.3) is 0 Å². The predicted octanol–water partition coefficient (Wildman–Crippen LogP) is 2.08. The molecule has 2 aliphatic heterocycles. The third-order valence-corrected chi connectivity index (χ3v) is 5.87. The number of hydrogen-bond acceptors (Lipinski definition) is 5. The van der Waals surface area contributed by atoms with Crippen LogP contribution in [0.1, 0.15) is 49.5 Å². The van der Waals surface area contributed by atoms with Gasteiger partial charge >= 0.3 is 0 Å². The number of nitrogens with zero attached hydrogens (tertiary/aromatic N) is 4. The number of carbonyl (C=O) groups is 2. The number of hydrogen-bond donors (Lipinski definition) is 0. The van der Waals surface area contributed by atoms with Crippen LogP contribution in [-0.4, -0.2) is 76.8 Å². The van der Waals surface area contributed by atoms with Crippen LogP contribution in [0.2, 0.25) is 0 Å². The number of carbonyl (C=O) groups excluding carboxylic acids is 2.